The van der Waals surface area contributed by atoms with Crippen molar-refractivity contribution < 1.29 is 32.7 Å². The van der Waals surface area contributed by atoms with Crippen LogP contribution in [-0.4, -0.2) is 77.6 Å². The first kappa shape index (κ1) is 33.4. The predicted octanol–water partition coefficient (Wildman–Crippen LogP) is 2.82. The van der Waals surface area contributed by atoms with Crippen LogP contribution in [0.25, 0.3) is 16.9 Å². The molecular weight excluding hydrogens is 609 g/mol. The van der Waals surface area contributed by atoms with Crippen LogP contribution in [0.5, 0.6) is 0 Å². The summed E-state index contributed by atoms with van der Waals surface area (Å²) in [5.74, 6) is -0.298. The number of nitriles is 1. The number of rotatable bonds is 8. The highest BCUT2D eigenvalue weighted by atomic mass is 19.4. The normalized spacial score (nSPS) is 15.1. The molecule has 0 bridgehead atoms. The highest BCUT2D eigenvalue weighted by molar-refractivity contribution is 5.99. The van der Waals surface area contributed by atoms with Crippen LogP contribution in [0.4, 0.5) is 24.7 Å². The van der Waals surface area contributed by atoms with Crippen molar-refractivity contribution in [2.24, 2.45) is 5.73 Å². The van der Waals surface area contributed by atoms with E-state index in [-0.39, 0.29) is 53.6 Å². The minimum Gasteiger partial charge on any atom is -0.483 e. The van der Waals surface area contributed by atoms with Gasteiger partial charge in [-0.3, -0.25) is 23.5 Å². The Morgan fingerprint density at radius 1 is 1.30 bits per heavy atom. The fourth-order valence-corrected chi connectivity index (χ4v) is 5.10. The molecule has 1 fully saturated rings. The Hall–Kier alpha value is -5.50. The van der Waals surface area contributed by atoms with Crippen molar-refractivity contribution >= 4 is 35.4 Å². The van der Waals surface area contributed by atoms with Crippen molar-refractivity contribution in [1.29, 1.82) is 5.26 Å². The summed E-state index contributed by atoms with van der Waals surface area (Å²) in [7, 11) is 0. The highest BCUT2D eigenvalue weighted by Crippen LogP contribution is 2.37. The van der Waals surface area contributed by atoms with Gasteiger partial charge in [0.2, 0.25) is 5.91 Å². The zero-order valence-electron chi connectivity index (χ0n) is 24.8. The number of anilines is 2. The molecule has 14 nitrogen and oxygen atoms in total. The molecule has 5 rings (SSSR count). The monoisotopic (exact) mass is 640 g/mol. The van der Waals surface area contributed by atoms with Crippen LogP contribution in [0, 0.1) is 11.3 Å². The summed E-state index contributed by atoms with van der Waals surface area (Å²) >= 11 is 0. The number of nitrogens with one attached hydrogen (secondary N) is 2. The Morgan fingerprint density at radius 2 is 2.04 bits per heavy atom. The lowest BCUT2D eigenvalue weighted by Crippen LogP contribution is -2.46. The molecule has 2 amide bonds. The van der Waals surface area contributed by atoms with Crippen LogP contribution in [0.2, 0.25) is 0 Å². The molecule has 4 aromatic rings. The third kappa shape index (κ3) is 7.24. The minimum absolute atomic E-state index is 0.0571. The smallest absolute Gasteiger partial charge is 0.435 e. The van der Waals surface area contributed by atoms with E-state index >= 15 is 0 Å². The van der Waals surface area contributed by atoms with E-state index in [1.165, 1.54) is 23.0 Å². The van der Waals surface area contributed by atoms with E-state index in [2.05, 4.69) is 25.7 Å². The zero-order valence-corrected chi connectivity index (χ0v) is 24.8. The average molecular weight is 641 g/mol. The molecule has 17 heteroatoms. The fourth-order valence-electron chi connectivity index (χ4n) is 5.10. The van der Waals surface area contributed by atoms with Gasteiger partial charge < -0.3 is 26.4 Å². The van der Waals surface area contributed by atoms with Crippen molar-refractivity contribution in [2.75, 3.05) is 18.4 Å². The van der Waals surface area contributed by atoms with E-state index in [4.69, 9.17) is 20.9 Å². The molecule has 0 aliphatic carbocycles. The lowest BCUT2D eigenvalue weighted by atomic mass is 10.0. The summed E-state index contributed by atoms with van der Waals surface area (Å²) in [5.41, 5.74) is 6.63. The van der Waals surface area contributed by atoms with E-state index in [0.717, 1.165) is 17.3 Å². The second-order valence-electron chi connectivity index (χ2n) is 10.3. The molecule has 1 unspecified atom stereocenters. The van der Waals surface area contributed by atoms with Crippen molar-refractivity contribution in [3.05, 3.63) is 59.8 Å². The van der Waals surface area contributed by atoms with Crippen molar-refractivity contribution in [2.45, 2.75) is 51.5 Å². The topological polar surface area (TPSA) is 197 Å². The molecule has 1 aromatic carbocycles. The zero-order chi connectivity index (χ0) is 33.6. The fraction of sp³-hybridized carbons (Fsp3) is 0.345. The molecule has 5 N–H and O–H groups in total. The van der Waals surface area contributed by atoms with Crippen LogP contribution < -0.4 is 16.4 Å². The molecule has 1 aliphatic rings. The lowest BCUT2D eigenvalue weighted by Gasteiger charge is -2.22. The quantitative estimate of drug-likeness (QED) is 0.208. The summed E-state index contributed by atoms with van der Waals surface area (Å²) < 4.78 is 43.6. The van der Waals surface area contributed by atoms with E-state index < -0.39 is 17.9 Å². The first-order valence-electron chi connectivity index (χ1n) is 14.1. The van der Waals surface area contributed by atoms with E-state index in [1.54, 1.807) is 36.1 Å². The van der Waals surface area contributed by atoms with Crippen LogP contribution in [-0.2, 0) is 28.7 Å². The second kappa shape index (κ2) is 14.1. The number of nitrogens with zero attached hydrogens (tertiary/aromatic N) is 7. The van der Waals surface area contributed by atoms with Gasteiger partial charge in [0.1, 0.15) is 12.6 Å². The number of benzene rings is 1. The summed E-state index contributed by atoms with van der Waals surface area (Å²) in [6.07, 6.45) is 1.84. The van der Waals surface area contributed by atoms with Gasteiger partial charge in [0, 0.05) is 49.0 Å². The second-order valence-corrected chi connectivity index (χ2v) is 10.3. The van der Waals surface area contributed by atoms with Crippen LogP contribution in [0.3, 0.4) is 0 Å². The molecule has 2 atom stereocenters. The number of carboxylic acid groups (broad SMARTS) is 1. The average Bonchev–Trinajstić information content (AvgIpc) is 3.75. The largest absolute Gasteiger partial charge is 0.483 e. The first-order chi connectivity index (χ1) is 21.9. The summed E-state index contributed by atoms with van der Waals surface area (Å²) in [6, 6.07) is 6.08. The number of aromatic nitrogens is 5. The Balaban J connectivity index is 0.00000154. The van der Waals surface area contributed by atoms with Gasteiger partial charge in [-0.1, -0.05) is 6.92 Å². The van der Waals surface area contributed by atoms with Gasteiger partial charge in [0.05, 0.1) is 23.5 Å². The summed E-state index contributed by atoms with van der Waals surface area (Å²) in [5, 5.41) is 25.3. The Morgan fingerprint density at radius 3 is 2.67 bits per heavy atom. The molecular formula is C29H31F3N10O4. The molecule has 0 spiro atoms. The van der Waals surface area contributed by atoms with Gasteiger partial charge in [0.25, 0.3) is 12.4 Å². The maximum atomic E-state index is 13.8. The van der Waals surface area contributed by atoms with E-state index in [1.807, 2.05) is 6.92 Å². The van der Waals surface area contributed by atoms with Crippen molar-refractivity contribution in [1.82, 2.24) is 34.4 Å². The number of hydrogen-bond donors (Lipinski definition) is 4. The number of aryl methyl sites for hydroxylation is 1. The molecule has 3 aromatic heterocycles. The summed E-state index contributed by atoms with van der Waals surface area (Å²) in [4.78, 5) is 44.4. The number of nitrogens with two attached hydrogens (primary N) is 1. The number of carbonyl (C=O) groups is 3. The predicted molar refractivity (Wildman–Crippen MR) is 159 cm³/mol. The van der Waals surface area contributed by atoms with E-state index in [9.17, 15) is 22.8 Å². The molecule has 4 heterocycles. The van der Waals surface area contributed by atoms with Crippen molar-refractivity contribution in [3.8, 4) is 17.3 Å². The number of likely N-dealkylation sites (tertiary alicyclic amines) is 1. The van der Waals surface area contributed by atoms with Gasteiger partial charge in [0.15, 0.2) is 17.2 Å². The minimum atomic E-state index is -4.74. The maximum Gasteiger partial charge on any atom is 0.435 e. The number of fused-ring (bicyclic) bond motifs is 1. The molecule has 0 radical (unpaired) electrons. The number of amides is 2. The van der Waals surface area contributed by atoms with E-state index in [0.29, 0.717) is 36.3 Å². The summed E-state index contributed by atoms with van der Waals surface area (Å²) in [6.45, 7) is 3.97. The molecule has 0 saturated carbocycles. The number of hydrogen-bond acceptors (Lipinski definition) is 9. The van der Waals surface area contributed by atoms with Gasteiger partial charge >= 0.3 is 6.18 Å². The van der Waals surface area contributed by atoms with Gasteiger partial charge in [-0.25, -0.2) is 9.97 Å². The van der Waals surface area contributed by atoms with Crippen LogP contribution in [0.1, 0.15) is 41.9 Å². The maximum absolute atomic E-state index is 13.8. The molecule has 46 heavy (non-hydrogen) atoms. The Labute approximate surface area is 260 Å². The number of halogens is 3. The number of imidazole rings is 1. The Bertz CT molecular complexity index is 1780. The van der Waals surface area contributed by atoms with Crippen LogP contribution >= 0.6 is 0 Å². The standard InChI is InChI=1S/C28H29F3N10O2.CH2O2/c1-3-17-12-19(4-5-20(17)26(42)36-16(2)27(43)39-9-6-18(33)14-39)37-24-25-35-13-22(41(25)11-8-34-24)21-15-40(10-7-32)38-23(21)28(29,30)31;2-1-3/h4-5,8,11-13,15-16,18H,3,6,9-10,14,33H2,1-2H3,(H,34,37)(H,36,42);1H,(H,2,3)/t16?,18-;/m1./s1. The SMILES string of the molecule is CCc1cc(Nc2nccn3c(-c4cn(CC#N)nc4C(F)(F)F)cnc23)ccc1C(=O)NC(C)C(=O)N1CC[C@@H](N)C1.O=CO. The first-order valence-corrected chi connectivity index (χ1v) is 14.1. The third-order valence-corrected chi connectivity index (χ3v) is 7.21. The van der Waals surface area contributed by atoms with Crippen molar-refractivity contribution in [3.63, 3.8) is 0 Å². The van der Waals surface area contributed by atoms with Gasteiger partial charge in [-0.05, 0) is 43.5 Å². The number of carbonyl (C=O) groups excluding carboxylic acids is 2. The van der Waals surface area contributed by atoms with Crippen LogP contribution in [0.15, 0.2) is 43.0 Å². The third-order valence-electron chi connectivity index (χ3n) is 7.21. The highest BCUT2D eigenvalue weighted by Gasteiger charge is 2.38. The van der Waals surface area contributed by atoms with Gasteiger partial charge in [-0.15, -0.1) is 0 Å². The molecule has 242 valence electrons. The molecule has 1 aliphatic heterocycles. The van der Waals surface area contributed by atoms with Gasteiger partial charge in [-0.2, -0.15) is 23.5 Å². The lowest BCUT2D eigenvalue weighted by molar-refractivity contribution is -0.141. The molecule has 1 saturated heterocycles. The number of alkyl halides is 3. The Kier molecular flexibility index (Phi) is 10.2.